The maximum absolute atomic E-state index is 13.3. The normalized spacial score (nSPS) is 17.2. The van der Waals surface area contributed by atoms with Crippen LogP contribution in [0.5, 0.6) is 5.75 Å². The van der Waals surface area contributed by atoms with Crippen molar-refractivity contribution in [2.24, 2.45) is 5.73 Å². The quantitative estimate of drug-likeness (QED) is 0.532. The number of hydrazine groups is 1. The molecule has 2 heterocycles. The van der Waals surface area contributed by atoms with Gasteiger partial charge < -0.3 is 10.5 Å². The van der Waals surface area contributed by atoms with Crippen LogP contribution in [0.4, 0.5) is 0 Å². The summed E-state index contributed by atoms with van der Waals surface area (Å²) in [5.74, 6) is -0.412. The Hall–Kier alpha value is -4.90. The van der Waals surface area contributed by atoms with Gasteiger partial charge in [-0.25, -0.2) is 5.01 Å². The van der Waals surface area contributed by atoms with E-state index in [0.717, 1.165) is 11.1 Å². The number of Topliss-reactive ketones (excluding diaryl/α,β-unsaturated/α-hetero) is 1. The van der Waals surface area contributed by atoms with Crippen LogP contribution in [0.15, 0.2) is 102 Å². The van der Waals surface area contributed by atoms with Gasteiger partial charge in [-0.3, -0.25) is 20.0 Å². The Morgan fingerprint density at radius 1 is 1.11 bits per heavy atom. The molecule has 1 aliphatic carbocycles. The summed E-state index contributed by atoms with van der Waals surface area (Å²) in [6.07, 6.45) is 4.56. The fraction of sp³-hybridized carbons (Fsp3) is 0.172. The van der Waals surface area contributed by atoms with Crippen LogP contribution in [-0.4, -0.2) is 21.7 Å². The number of benzene rings is 2. The van der Waals surface area contributed by atoms with E-state index in [0.29, 0.717) is 48.5 Å². The number of rotatable bonds is 6. The molecule has 184 valence electrons. The molecule has 0 bridgehead atoms. The lowest BCUT2D eigenvalue weighted by atomic mass is 9.76. The average molecular weight is 492 g/mol. The molecule has 0 saturated carbocycles. The van der Waals surface area contributed by atoms with Crippen molar-refractivity contribution in [1.29, 1.82) is 5.26 Å². The highest BCUT2D eigenvalue weighted by Gasteiger charge is 2.40. The van der Waals surface area contributed by atoms with Gasteiger partial charge in [-0.15, -0.1) is 0 Å². The molecule has 0 fully saturated rings. The second kappa shape index (κ2) is 10.4. The summed E-state index contributed by atoms with van der Waals surface area (Å²) >= 11 is 0. The predicted molar refractivity (Wildman–Crippen MR) is 136 cm³/mol. The van der Waals surface area contributed by atoms with Gasteiger partial charge in [0.05, 0.1) is 17.6 Å². The summed E-state index contributed by atoms with van der Waals surface area (Å²) in [5.41, 5.74) is 12.7. The van der Waals surface area contributed by atoms with E-state index in [-0.39, 0.29) is 17.2 Å². The number of ether oxygens (including phenoxy) is 1. The van der Waals surface area contributed by atoms with Gasteiger partial charge in [0.2, 0.25) is 0 Å². The molecule has 3 N–H and O–H groups in total. The third-order valence-corrected chi connectivity index (χ3v) is 6.51. The first-order valence-electron chi connectivity index (χ1n) is 12.0. The maximum Gasteiger partial charge on any atom is 0.270 e. The number of hydrogen-bond acceptors (Lipinski definition) is 7. The van der Waals surface area contributed by atoms with Crippen LogP contribution >= 0.6 is 0 Å². The minimum atomic E-state index is -0.651. The predicted octanol–water partition coefficient (Wildman–Crippen LogP) is 4.11. The minimum absolute atomic E-state index is 0.0646. The number of nitriles is 1. The second-order valence-electron chi connectivity index (χ2n) is 8.84. The molecule has 0 radical (unpaired) electrons. The molecule has 0 spiro atoms. The van der Waals surface area contributed by atoms with Gasteiger partial charge >= 0.3 is 0 Å². The number of hydrogen-bond donors (Lipinski definition) is 2. The largest absolute Gasteiger partial charge is 0.489 e. The highest BCUT2D eigenvalue weighted by Crippen LogP contribution is 2.44. The first kappa shape index (κ1) is 23.8. The third kappa shape index (κ3) is 4.80. The molecular formula is C29H25N5O3. The summed E-state index contributed by atoms with van der Waals surface area (Å²) in [6.45, 7) is 0.389. The fourth-order valence-electron chi connectivity index (χ4n) is 4.74. The van der Waals surface area contributed by atoms with Crippen LogP contribution in [-0.2, 0) is 11.4 Å². The average Bonchev–Trinajstić information content (AvgIpc) is 2.94. The van der Waals surface area contributed by atoms with Crippen molar-refractivity contribution in [1.82, 2.24) is 15.4 Å². The van der Waals surface area contributed by atoms with Crippen LogP contribution in [0.2, 0.25) is 0 Å². The van der Waals surface area contributed by atoms with E-state index in [2.05, 4.69) is 16.5 Å². The lowest BCUT2D eigenvalue weighted by Gasteiger charge is -2.39. The van der Waals surface area contributed by atoms with E-state index >= 15 is 0 Å². The van der Waals surface area contributed by atoms with Gasteiger partial charge in [0.1, 0.15) is 18.2 Å². The Morgan fingerprint density at radius 2 is 1.89 bits per heavy atom. The number of amides is 1. The molecule has 1 aliphatic heterocycles. The number of nitrogens with one attached hydrogen (secondary N) is 1. The molecule has 2 aromatic carbocycles. The molecule has 1 aromatic heterocycles. The zero-order valence-corrected chi connectivity index (χ0v) is 20.1. The summed E-state index contributed by atoms with van der Waals surface area (Å²) in [5, 5.41) is 11.6. The number of carbonyl (C=O) groups excluding carboxylic acids is 2. The van der Waals surface area contributed by atoms with Crippen molar-refractivity contribution in [3.8, 4) is 11.8 Å². The van der Waals surface area contributed by atoms with E-state index < -0.39 is 11.8 Å². The van der Waals surface area contributed by atoms with Crippen LogP contribution < -0.4 is 15.9 Å². The summed E-state index contributed by atoms with van der Waals surface area (Å²) in [4.78, 5) is 30.1. The molecule has 37 heavy (non-hydrogen) atoms. The monoisotopic (exact) mass is 491 g/mol. The first-order chi connectivity index (χ1) is 18.1. The molecular weight excluding hydrogens is 466 g/mol. The Labute approximate surface area is 214 Å². The molecule has 3 aromatic rings. The van der Waals surface area contributed by atoms with Crippen LogP contribution in [0, 0.1) is 11.3 Å². The van der Waals surface area contributed by atoms with Gasteiger partial charge in [0.15, 0.2) is 5.78 Å². The molecule has 1 atom stereocenters. The van der Waals surface area contributed by atoms with Crippen molar-refractivity contribution in [2.45, 2.75) is 31.8 Å². The second-order valence-corrected chi connectivity index (χ2v) is 8.84. The number of pyridine rings is 1. The Balaban J connectivity index is 1.51. The van der Waals surface area contributed by atoms with Crippen molar-refractivity contribution in [3.63, 3.8) is 0 Å². The highest BCUT2D eigenvalue weighted by atomic mass is 16.5. The number of aromatic nitrogens is 1. The summed E-state index contributed by atoms with van der Waals surface area (Å²) in [7, 11) is 0. The smallest absolute Gasteiger partial charge is 0.270 e. The number of ketones is 1. The minimum Gasteiger partial charge on any atom is -0.489 e. The SMILES string of the molecule is N#CC1=C(N)N(NC(=O)c2ccncc2)C2=C(C(=O)CCC2)C1c1cccc(OCc2ccccc2)c1. The van der Waals surface area contributed by atoms with Gasteiger partial charge in [-0.2, -0.15) is 5.26 Å². The Bertz CT molecular complexity index is 1440. The van der Waals surface area contributed by atoms with Crippen molar-refractivity contribution in [2.75, 3.05) is 0 Å². The van der Waals surface area contributed by atoms with Crippen LogP contribution in [0.1, 0.15) is 46.7 Å². The summed E-state index contributed by atoms with van der Waals surface area (Å²) < 4.78 is 6.00. The van der Waals surface area contributed by atoms with Crippen LogP contribution in [0.25, 0.3) is 0 Å². The standard InChI is InChI=1S/C29H25N5O3/c30-17-23-26(21-8-4-9-22(16-21)37-18-19-6-2-1-3-7-19)27-24(10-5-11-25(27)35)34(28(23)31)33-29(36)20-12-14-32-15-13-20/h1-4,6-9,12-16,26H,5,10-11,18,31H2,(H,33,36). The van der Waals surface area contributed by atoms with Crippen LogP contribution in [0.3, 0.4) is 0 Å². The lowest BCUT2D eigenvalue weighted by Crippen LogP contribution is -2.48. The molecule has 5 rings (SSSR count). The molecule has 0 saturated heterocycles. The van der Waals surface area contributed by atoms with E-state index in [1.807, 2.05) is 54.6 Å². The fourth-order valence-corrected chi connectivity index (χ4v) is 4.74. The first-order valence-corrected chi connectivity index (χ1v) is 12.0. The molecule has 2 aliphatic rings. The molecule has 1 unspecified atom stereocenters. The maximum atomic E-state index is 13.3. The zero-order valence-electron chi connectivity index (χ0n) is 20.1. The van der Waals surface area contributed by atoms with Crippen molar-refractivity contribution >= 4 is 11.7 Å². The molecule has 8 heteroatoms. The number of nitrogens with zero attached hydrogens (tertiary/aromatic N) is 3. The highest BCUT2D eigenvalue weighted by molar-refractivity contribution is 6.00. The Kier molecular flexibility index (Phi) is 6.68. The van der Waals surface area contributed by atoms with E-state index in [1.54, 1.807) is 12.1 Å². The van der Waals surface area contributed by atoms with Gasteiger partial charge in [0.25, 0.3) is 5.91 Å². The lowest BCUT2D eigenvalue weighted by molar-refractivity contribution is -0.116. The van der Waals surface area contributed by atoms with E-state index in [4.69, 9.17) is 10.5 Å². The molecule has 1 amide bonds. The number of nitrogens with two attached hydrogens (primary N) is 1. The Morgan fingerprint density at radius 3 is 2.65 bits per heavy atom. The van der Waals surface area contributed by atoms with Gasteiger partial charge in [-0.1, -0.05) is 42.5 Å². The molecule has 8 nitrogen and oxygen atoms in total. The van der Waals surface area contributed by atoms with Gasteiger partial charge in [-0.05, 0) is 48.2 Å². The van der Waals surface area contributed by atoms with Crippen molar-refractivity contribution < 1.29 is 14.3 Å². The third-order valence-electron chi connectivity index (χ3n) is 6.51. The van der Waals surface area contributed by atoms with E-state index in [1.165, 1.54) is 17.4 Å². The number of carbonyl (C=O) groups is 2. The summed E-state index contributed by atoms with van der Waals surface area (Å²) in [6, 6.07) is 22.6. The topological polar surface area (TPSA) is 121 Å². The van der Waals surface area contributed by atoms with Gasteiger partial charge in [0, 0.05) is 35.6 Å². The number of allylic oxidation sites excluding steroid dienone is 3. The van der Waals surface area contributed by atoms with E-state index in [9.17, 15) is 14.9 Å². The zero-order chi connectivity index (χ0) is 25.8. The van der Waals surface area contributed by atoms with Crippen molar-refractivity contribution in [3.05, 3.63) is 118 Å².